The van der Waals surface area contributed by atoms with Gasteiger partial charge >= 0.3 is 0 Å². The number of terminal acetylenes is 1. The number of hydrogen-bond donors (Lipinski definition) is 1. The van der Waals surface area contributed by atoms with Gasteiger partial charge in [-0.15, -0.1) is 6.42 Å². The molecule has 0 aromatic carbocycles. The molecular formula is C10H18N2O. The quantitative estimate of drug-likeness (QED) is 0.603. The van der Waals surface area contributed by atoms with Gasteiger partial charge in [-0.2, -0.15) is 0 Å². The van der Waals surface area contributed by atoms with Gasteiger partial charge in [0.1, 0.15) is 0 Å². The summed E-state index contributed by atoms with van der Waals surface area (Å²) >= 11 is 0. The Balaban J connectivity index is 2.27. The smallest absolute Gasteiger partial charge is 0.0599 e. The minimum atomic E-state index is 0.245. The van der Waals surface area contributed by atoms with E-state index in [9.17, 15) is 0 Å². The second kappa shape index (κ2) is 5.23. The Labute approximate surface area is 80.3 Å². The van der Waals surface area contributed by atoms with Crippen molar-refractivity contribution in [1.29, 1.82) is 0 Å². The van der Waals surface area contributed by atoms with E-state index in [1.165, 1.54) is 0 Å². The molecule has 0 spiro atoms. The largest absolute Gasteiger partial charge is 0.395 e. The number of hydrogen-bond acceptors (Lipinski definition) is 3. The Bertz CT molecular complexity index is 180. The summed E-state index contributed by atoms with van der Waals surface area (Å²) in [5.41, 5.74) is 0. The van der Waals surface area contributed by atoms with Crippen LogP contribution in [0.25, 0.3) is 0 Å². The van der Waals surface area contributed by atoms with E-state index in [1.54, 1.807) is 0 Å². The molecule has 3 heteroatoms. The molecule has 1 rings (SSSR count). The first-order valence-corrected chi connectivity index (χ1v) is 4.78. The van der Waals surface area contributed by atoms with E-state index in [1.807, 2.05) is 0 Å². The summed E-state index contributed by atoms with van der Waals surface area (Å²) < 4.78 is 0. The van der Waals surface area contributed by atoms with Gasteiger partial charge < -0.3 is 5.11 Å². The van der Waals surface area contributed by atoms with Crippen LogP contribution < -0.4 is 0 Å². The monoisotopic (exact) mass is 182 g/mol. The SMILES string of the molecule is C#CCN1CCN(C(C)CO)CC1. The van der Waals surface area contributed by atoms with Crippen LogP contribution in [0.2, 0.25) is 0 Å². The van der Waals surface area contributed by atoms with Crippen LogP contribution in [0.4, 0.5) is 0 Å². The fraction of sp³-hybridized carbons (Fsp3) is 0.800. The highest BCUT2D eigenvalue weighted by Crippen LogP contribution is 2.04. The van der Waals surface area contributed by atoms with Crippen LogP contribution >= 0.6 is 0 Å². The summed E-state index contributed by atoms with van der Waals surface area (Å²) in [6.07, 6.45) is 5.23. The van der Waals surface area contributed by atoms with E-state index in [0.29, 0.717) is 0 Å². The zero-order valence-corrected chi connectivity index (χ0v) is 8.24. The van der Waals surface area contributed by atoms with E-state index in [0.717, 1.165) is 32.7 Å². The summed E-state index contributed by atoms with van der Waals surface area (Å²) in [7, 11) is 0. The standard InChI is InChI=1S/C10H18N2O/c1-3-4-11-5-7-12(8-6-11)10(2)9-13/h1,10,13H,4-9H2,2H3. The molecule has 74 valence electrons. The van der Waals surface area contributed by atoms with Crippen LogP contribution in [0.15, 0.2) is 0 Å². The third-order valence-electron chi connectivity index (χ3n) is 2.61. The normalized spacial score (nSPS) is 22.5. The van der Waals surface area contributed by atoms with Crippen molar-refractivity contribution in [2.24, 2.45) is 0 Å². The van der Waals surface area contributed by atoms with Gasteiger partial charge in [-0.25, -0.2) is 0 Å². The van der Waals surface area contributed by atoms with Gasteiger partial charge in [-0.05, 0) is 6.92 Å². The first-order chi connectivity index (χ1) is 6.27. The molecule has 1 heterocycles. The van der Waals surface area contributed by atoms with Crippen LogP contribution in [0.5, 0.6) is 0 Å². The lowest BCUT2D eigenvalue weighted by atomic mass is 10.2. The predicted molar refractivity (Wildman–Crippen MR) is 53.4 cm³/mol. The average molecular weight is 182 g/mol. The maximum atomic E-state index is 8.97. The lowest BCUT2D eigenvalue weighted by Gasteiger charge is -2.36. The highest BCUT2D eigenvalue weighted by atomic mass is 16.3. The molecule has 0 aromatic rings. The molecule has 0 aliphatic carbocycles. The third-order valence-corrected chi connectivity index (χ3v) is 2.61. The number of aliphatic hydroxyl groups excluding tert-OH is 1. The fourth-order valence-electron chi connectivity index (χ4n) is 1.61. The molecule has 13 heavy (non-hydrogen) atoms. The van der Waals surface area contributed by atoms with Gasteiger partial charge in [0.15, 0.2) is 0 Å². The van der Waals surface area contributed by atoms with Gasteiger partial charge in [0.2, 0.25) is 0 Å². The van der Waals surface area contributed by atoms with E-state index < -0.39 is 0 Å². The third kappa shape index (κ3) is 3.00. The lowest BCUT2D eigenvalue weighted by Crippen LogP contribution is -2.50. The van der Waals surface area contributed by atoms with Crippen LogP contribution in [-0.4, -0.2) is 60.3 Å². The Hall–Kier alpha value is -0.560. The Kier molecular flexibility index (Phi) is 4.23. The molecule has 1 fully saturated rings. The summed E-state index contributed by atoms with van der Waals surface area (Å²) in [6.45, 7) is 7.13. The van der Waals surface area contributed by atoms with Crippen molar-refractivity contribution in [3.63, 3.8) is 0 Å². The maximum absolute atomic E-state index is 8.97. The van der Waals surface area contributed by atoms with Gasteiger partial charge in [0.25, 0.3) is 0 Å². The van der Waals surface area contributed by atoms with Crippen LogP contribution in [0.3, 0.4) is 0 Å². The maximum Gasteiger partial charge on any atom is 0.0599 e. The fourth-order valence-corrected chi connectivity index (χ4v) is 1.61. The van der Waals surface area contributed by atoms with E-state index in [-0.39, 0.29) is 12.6 Å². The van der Waals surface area contributed by atoms with Crippen molar-refractivity contribution < 1.29 is 5.11 Å². The minimum Gasteiger partial charge on any atom is -0.395 e. The van der Waals surface area contributed by atoms with Crippen molar-refractivity contribution in [1.82, 2.24) is 9.80 Å². The molecule has 1 aliphatic rings. The second-order valence-electron chi connectivity index (χ2n) is 3.55. The Morgan fingerprint density at radius 1 is 1.38 bits per heavy atom. The topological polar surface area (TPSA) is 26.7 Å². The predicted octanol–water partition coefficient (Wildman–Crippen LogP) is -0.382. The lowest BCUT2D eigenvalue weighted by molar-refractivity contribution is 0.0790. The highest BCUT2D eigenvalue weighted by molar-refractivity contribution is 4.90. The molecule has 1 unspecified atom stereocenters. The molecular weight excluding hydrogens is 164 g/mol. The van der Waals surface area contributed by atoms with Gasteiger partial charge in [0, 0.05) is 32.2 Å². The van der Waals surface area contributed by atoms with Gasteiger partial charge in [-0.3, -0.25) is 9.80 Å². The Morgan fingerprint density at radius 3 is 2.46 bits per heavy atom. The van der Waals surface area contributed by atoms with Crippen molar-refractivity contribution in [2.45, 2.75) is 13.0 Å². The van der Waals surface area contributed by atoms with Crippen LogP contribution in [0, 0.1) is 12.3 Å². The summed E-state index contributed by atoms with van der Waals surface area (Å²) in [5, 5.41) is 8.97. The van der Waals surface area contributed by atoms with Crippen LogP contribution in [-0.2, 0) is 0 Å². The molecule has 0 amide bonds. The number of aliphatic hydroxyl groups is 1. The molecule has 1 saturated heterocycles. The Morgan fingerprint density at radius 2 is 2.00 bits per heavy atom. The summed E-state index contributed by atoms with van der Waals surface area (Å²) in [6, 6.07) is 0.285. The van der Waals surface area contributed by atoms with Crippen LogP contribution in [0.1, 0.15) is 6.92 Å². The van der Waals surface area contributed by atoms with Crippen molar-refractivity contribution in [3.8, 4) is 12.3 Å². The first-order valence-electron chi connectivity index (χ1n) is 4.78. The van der Waals surface area contributed by atoms with Crippen molar-refractivity contribution >= 4 is 0 Å². The molecule has 0 aromatic heterocycles. The number of rotatable bonds is 3. The van der Waals surface area contributed by atoms with E-state index in [4.69, 9.17) is 11.5 Å². The second-order valence-corrected chi connectivity index (χ2v) is 3.55. The van der Waals surface area contributed by atoms with Crippen molar-refractivity contribution in [3.05, 3.63) is 0 Å². The summed E-state index contributed by atoms with van der Waals surface area (Å²) in [4.78, 5) is 4.56. The zero-order chi connectivity index (χ0) is 9.68. The van der Waals surface area contributed by atoms with Gasteiger partial charge in [0.05, 0.1) is 13.2 Å². The van der Waals surface area contributed by atoms with E-state index in [2.05, 4.69) is 22.6 Å². The molecule has 1 aliphatic heterocycles. The molecule has 1 N–H and O–H groups in total. The first kappa shape index (κ1) is 10.5. The molecule has 0 radical (unpaired) electrons. The summed E-state index contributed by atoms with van der Waals surface area (Å²) in [5.74, 6) is 2.65. The molecule has 1 atom stereocenters. The molecule has 3 nitrogen and oxygen atoms in total. The van der Waals surface area contributed by atoms with Crippen molar-refractivity contribution in [2.75, 3.05) is 39.3 Å². The van der Waals surface area contributed by atoms with E-state index >= 15 is 0 Å². The van der Waals surface area contributed by atoms with Gasteiger partial charge in [-0.1, -0.05) is 5.92 Å². The zero-order valence-electron chi connectivity index (χ0n) is 8.24. The average Bonchev–Trinajstić information content (AvgIpc) is 2.18. The molecule has 0 bridgehead atoms. The molecule has 0 saturated carbocycles. The number of piperazine rings is 1. The minimum absolute atomic E-state index is 0.245. The highest BCUT2D eigenvalue weighted by Gasteiger charge is 2.19. The number of nitrogens with zero attached hydrogens (tertiary/aromatic N) is 2.